The fourth-order valence-electron chi connectivity index (χ4n) is 1.38. The Hall–Kier alpha value is 0.210. The smallest absolute Gasteiger partial charge is 0.183 e. The fourth-order valence-corrected chi connectivity index (χ4v) is 2.09. The van der Waals surface area contributed by atoms with E-state index in [-0.39, 0.29) is 24.8 Å². The Morgan fingerprint density at radius 3 is 1.95 bits per heavy atom. The molecule has 2 aromatic carbocycles. The van der Waals surface area contributed by atoms with E-state index >= 15 is 0 Å². The average molecular weight is 437 g/mol. The van der Waals surface area contributed by atoms with Gasteiger partial charge in [0.05, 0.1) is 0 Å². The quantitative estimate of drug-likeness (QED) is 0.422. The molecule has 0 bridgehead atoms. The third kappa shape index (κ3) is 20.2. The number of rotatable bonds is 4. The third-order valence-electron chi connectivity index (χ3n) is 2.21. The molecular weight excluding hydrogens is 410 g/mol. The molecule has 0 saturated carbocycles. The van der Waals surface area contributed by atoms with Crippen LogP contribution in [-0.2, 0) is 35.1 Å². The average Bonchev–Trinajstić information content (AvgIpc) is 3.04. The van der Waals surface area contributed by atoms with E-state index in [4.69, 9.17) is 4.43 Å². The minimum absolute atomic E-state index is 0. The van der Waals surface area contributed by atoms with E-state index in [2.05, 4.69) is 47.6 Å². The molecule has 0 aromatic heterocycles. The standard InChI is InChI=1S/C10H17OSi.C5H5.C2H4.2ClH.Zr/c1-12(2,3)11-9-8-10-6-4-5-7-10;1-2-4-5-3-1;1-2;;;/h4-7H,8-9H2,1-3H3;1-5H;1H,2H3;2*1H;/q2*-1;;;;+2/p-2. The van der Waals surface area contributed by atoms with Crippen LogP contribution < -0.4 is 24.8 Å². The molecule has 2 aromatic rings. The van der Waals surface area contributed by atoms with Crippen molar-refractivity contribution in [1.82, 2.24) is 0 Å². The second-order valence-corrected chi connectivity index (χ2v) is 11.2. The van der Waals surface area contributed by atoms with Crippen LogP contribution in [0.1, 0.15) is 12.5 Å². The van der Waals surface area contributed by atoms with Crippen LogP contribution >= 0.6 is 0 Å². The summed E-state index contributed by atoms with van der Waals surface area (Å²) in [5.74, 6) is 0. The summed E-state index contributed by atoms with van der Waals surface area (Å²) in [5.41, 5.74) is 1.38. The first-order chi connectivity index (χ1) is 9.49. The van der Waals surface area contributed by atoms with E-state index in [1.54, 1.807) is 0 Å². The summed E-state index contributed by atoms with van der Waals surface area (Å²) < 4.78 is 7.83. The first kappa shape index (κ1) is 27.1. The van der Waals surface area contributed by atoms with Gasteiger partial charge in [-0.2, -0.15) is 42.0 Å². The van der Waals surface area contributed by atoms with Gasteiger partial charge in [-0.25, -0.2) is 18.2 Å². The summed E-state index contributed by atoms with van der Waals surface area (Å²) >= 11 is 1.51. The Labute approximate surface area is 164 Å². The van der Waals surface area contributed by atoms with Crippen molar-refractivity contribution in [2.75, 3.05) is 6.61 Å². The number of hydrogen-bond acceptors (Lipinski definition) is 1. The number of halogens is 2. The van der Waals surface area contributed by atoms with E-state index < -0.39 is 8.32 Å². The summed E-state index contributed by atoms with van der Waals surface area (Å²) in [4.78, 5) is 0. The van der Waals surface area contributed by atoms with Gasteiger partial charge in [-0.05, 0) is 19.6 Å². The van der Waals surface area contributed by atoms with E-state index in [1.807, 2.05) is 37.3 Å². The molecule has 0 heterocycles. The van der Waals surface area contributed by atoms with Gasteiger partial charge in [-0.3, -0.25) is 0 Å². The van der Waals surface area contributed by atoms with Gasteiger partial charge in [0.1, 0.15) is 0 Å². The Balaban J connectivity index is -0.000000304. The molecular formula is C17H26Cl2OSiZr-2. The van der Waals surface area contributed by atoms with E-state index in [0.717, 1.165) is 13.0 Å². The molecule has 0 fully saturated rings. The van der Waals surface area contributed by atoms with Crippen molar-refractivity contribution in [3.63, 3.8) is 0 Å². The predicted molar refractivity (Wildman–Crippen MR) is 88.8 cm³/mol. The second-order valence-electron chi connectivity index (χ2n) is 5.25. The van der Waals surface area contributed by atoms with E-state index in [9.17, 15) is 0 Å². The SMILES string of the molecule is C[CH]=[Zr+2].C[Si](C)(C)OCCc1cc[cH-]c1.[Cl-].[Cl-].c1cc[cH-]c1. The molecule has 5 heteroatoms. The van der Waals surface area contributed by atoms with E-state index in [1.165, 1.54) is 29.8 Å². The van der Waals surface area contributed by atoms with Crippen LogP contribution in [0.5, 0.6) is 0 Å². The Bertz CT molecular complexity index is 391. The van der Waals surface area contributed by atoms with Crippen molar-refractivity contribution < 1.29 is 53.5 Å². The largest absolute Gasteiger partial charge is 1.00 e. The Kier molecular flexibility index (Phi) is 21.6. The molecule has 0 saturated heterocycles. The van der Waals surface area contributed by atoms with Crippen molar-refractivity contribution in [2.24, 2.45) is 0 Å². The van der Waals surface area contributed by atoms with Crippen molar-refractivity contribution >= 4 is 12.0 Å². The van der Waals surface area contributed by atoms with Gasteiger partial charge < -0.3 is 29.2 Å². The zero-order chi connectivity index (χ0) is 15.3. The monoisotopic (exact) mass is 434 g/mol. The molecule has 0 radical (unpaired) electrons. The van der Waals surface area contributed by atoms with Crippen LogP contribution in [0.3, 0.4) is 0 Å². The maximum atomic E-state index is 5.74. The molecule has 1 nitrogen and oxygen atoms in total. The molecule has 0 aliphatic rings. The van der Waals surface area contributed by atoms with Gasteiger partial charge in [-0.15, -0.1) is 0 Å². The van der Waals surface area contributed by atoms with Crippen LogP contribution in [0.15, 0.2) is 54.6 Å². The minimum Gasteiger partial charge on any atom is -1.00 e. The Morgan fingerprint density at radius 2 is 1.64 bits per heavy atom. The maximum absolute atomic E-state index is 5.74. The minimum atomic E-state index is -1.29. The molecule has 0 aliphatic carbocycles. The molecule has 0 atom stereocenters. The maximum Gasteiger partial charge on any atom is 0.183 e. The third-order valence-corrected chi connectivity index (χ3v) is 3.28. The molecule has 0 N–H and O–H groups in total. The summed E-state index contributed by atoms with van der Waals surface area (Å²) in [6.07, 6.45) is 1.05. The summed E-state index contributed by atoms with van der Waals surface area (Å²) in [5, 5.41) is 0. The van der Waals surface area contributed by atoms with Crippen molar-refractivity contribution in [2.45, 2.75) is 33.0 Å². The van der Waals surface area contributed by atoms with Crippen LogP contribution in [0.2, 0.25) is 19.6 Å². The van der Waals surface area contributed by atoms with Gasteiger partial charge in [-0.1, -0.05) is 6.42 Å². The summed E-state index contributed by atoms with van der Waals surface area (Å²) in [6, 6.07) is 18.4. The zero-order valence-corrected chi connectivity index (χ0v) is 18.8. The summed E-state index contributed by atoms with van der Waals surface area (Å²) in [7, 11) is -1.29. The molecule has 2 rings (SSSR count). The van der Waals surface area contributed by atoms with Crippen molar-refractivity contribution in [3.05, 3.63) is 60.2 Å². The van der Waals surface area contributed by atoms with Crippen molar-refractivity contribution in [1.29, 1.82) is 0 Å². The second kappa shape index (κ2) is 17.6. The fraction of sp³-hybridized carbons (Fsp3) is 0.353. The molecule has 0 amide bonds. The first-order valence-electron chi connectivity index (χ1n) is 6.96. The predicted octanol–water partition coefficient (Wildman–Crippen LogP) is -1.43. The van der Waals surface area contributed by atoms with Gasteiger partial charge in [0.25, 0.3) is 0 Å². The van der Waals surface area contributed by atoms with Crippen LogP contribution in [0, 0.1) is 0 Å². The zero-order valence-electron chi connectivity index (χ0n) is 13.9. The van der Waals surface area contributed by atoms with Crippen LogP contribution in [0.4, 0.5) is 0 Å². The van der Waals surface area contributed by atoms with Gasteiger partial charge in [0.2, 0.25) is 0 Å². The molecule has 0 aliphatic heterocycles. The molecule has 124 valence electrons. The summed E-state index contributed by atoms with van der Waals surface area (Å²) in [6.45, 7) is 9.58. The van der Waals surface area contributed by atoms with Gasteiger partial charge >= 0.3 is 34.9 Å². The van der Waals surface area contributed by atoms with E-state index in [0.29, 0.717) is 0 Å². The molecule has 22 heavy (non-hydrogen) atoms. The normalized spacial score (nSPS) is 9.00. The van der Waals surface area contributed by atoms with Gasteiger partial charge in [0, 0.05) is 6.61 Å². The first-order valence-corrected chi connectivity index (χ1v) is 11.8. The molecule has 0 unspecified atom stereocenters. The molecule has 0 spiro atoms. The Morgan fingerprint density at radius 1 is 1.09 bits per heavy atom. The van der Waals surface area contributed by atoms with Crippen molar-refractivity contribution in [3.8, 4) is 0 Å². The van der Waals surface area contributed by atoms with Crippen LogP contribution in [0.25, 0.3) is 0 Å². The topological polar surface area (TPSA) is 9.23 Å². The number of hydrogen-bond donors (Lipinski definition) is 0. The van der Waals surface area contributed by atoms with Crippen LogP contribution in [-0.4, -0.2) is 18.6 Å². The van der Waals surface area contributed by atoms with Gasteiger partial charge in [0.15, 0.2) is 8.32 Å².